The zero-order chi connectivity index (χ0) is 27.2. The number of hydrogen-bond donors (Lipinski definition) is 0. The van der Waals surface area contributed by atoms with Crippen LogP contribution < -0.4 is 4.90 Å². The Kier molecular flexibility index (Phi) is 9.58. The second kappa shape index (κ2) is 12.4. The van der Waals surface area contributed by atoms with Crippen LogP contribution in [0.3, 0.4) is 0 Å². The Morgan fingerprint density at radius 2 is 2.03 bits per heavy atom. The fourth-order valence-electron chi connectivity index (χ4n) is 3.79. The fraction of sp³-hybridized carbons (Fsp3) is 0.458. The van der Waals surface area contributed by atoms with Gasteiger partial charge in [0.1, 0.15) is 24.8 Å². The molecule has 0 aliphatic carbocycles. The van der Waals surface area contributed by atoms with E-state index in [1.54, 1.807) is 25.3 Å². The van der Waals surface area contributed by atoms with Gasteiger partial charge in [-0.15, -0.1) is 0 Å². The van der Waals surface area contributed by atoms with Gasteiger partial charge in [0.15, 0.2) is 6.10 Å². The third-order valence-corrected chi connectivity index (χ3v) is 7.06. The van der Waals surface area contributed by atoms with Crippen molar-refractivity contribution in [1.82, 2.24) is 4.90 Å². The number of ether oxygens (including phenoxy) is 2. The first-order valence-electron chi connectivity index (χ1n) is 11.5. The minimum absolute atomic E-state index is 0.0246. The maximum absolute atomic E-state index is 15.1. The molecule has 2 aliphatic rings. The van der Waals surface area contributed by atoms with E-state index >= 15 is 8.78 Å². The number of benzene rings is 1. The molecule has 10 nitrogen and oxygen atoms in total. The quantitative estimate of drug-likeness (QED) is 0.264. The number of allylic oxidation sites excluding steroid dienone is 1. The number of amides is 2. The van der Waals surface area contributed by atoms with E-state index in [1.165, 1.54) is 18.7 Å². The Labute approximate surface area is 214 Å². The summed E-state index contributed by atoms with van der Waals surface area (Å²) in [7, 11) is -0.516. The van der Waals surface area contributed by atoms with Crippen LogP contribution in [0.1, 0.15) is 18.9 Å². The monoisotopic (exact) mass is 541 g/mol. The molecule has 3 rings (SSSR count). The van der Waals surface area contributed by atoms with E-state index in [0.717, 1.165) is 17.0 Å². The summed E-state index contributed by atoms with van der Waals surface area (Å²) >= 11 is 0. The van der Waals surface area contributed by atoms with E-state index in [0.29, 0.717) is 11.5 Å². The third kappa shape index (κ3) is 7.24. The first kappa shape index (κ1) is 28.5. The molecule has 2 heterocycles. The fourth-order valence-corrected chi connectivity index (χ4v) is 4.24. The SMILES string of the molecule is C/C=C\C(=NC)OCC1CN(c2cc(F)c(C3=CCN(C(=O)COP(C)(=O)OC)CC3)c(F)c2)C(=O)O1. The molecular weight excluding hydrogens is 511 g/mol. The maximum Gasteiger partial charge on any atom is 0.414 e. The minimum Gasteiger partial charge on any atom is -0.474 e. The summed E-state index contributed by atoms with van der Waals surface area (Å²) < 4.78 is 62.4. The first-order chi connectivity index (χ1) is 17.6. The highest BCUT2D eigenvalue weighted by molar-refractivity contribution is 7.52. The van der Waals surface area contributed by atoms with Gasteiger partial charge in [0.25, 0.3) is 0 Å². The highest BCUT2D eigenvalue weighted by Gasteiger charge is 2.34. The Hall–Kier alpha value is -3.08. The molecule has 0 bridgehead atoms. The lowest BCUT2D eigenvalue weighted by atomic mass is 9.97. The van der Waals surface area contributed by atoms with Crippen molar-refractivity contribution in [3.63, 3.8) is 0 Å². The summed E-state index contributed by atoms with van der Waals surface area (Å²) in [5.41, 5.74) is 0.207. The molecular formula is C24H30F2N3O7P. The molecule has 0 spiro atoms. The number of cyclic esters (lactones) is 1. The lowest BCUT2D eigenvalue weighted by Gasteiger charge is -2.27. The summed E-state index contributed by atoms with van der Waals surface area (Å²) in [5.74, 6) is -1.72. The minimum atomic E-state index is -3.30. The number of carbonyl (C=O) groups is 2. The summed E-state index contributed by atoms with van der Waals surface area (Å²) in [6.45, 7) is 3.03. The van der Waals surface area contributed by atoms with Crippen molar-refractivity contribution < 1.29 is 41.5 Å². The van der Waals surface area contributed by atoms with Crippen LogP contribution in [0.15, 0.2) is 35.4 Å². The molecule has 37 heavy (non-hydrogen) atoms. The highest BCUT2D eigenvalue weighted by Crippen LogP contribution is 2.42. The second-order valence-corrected chi connectivity index (χ2v) is 10.5. The van der Waals surface area contributed by atoms with Crippen LogP contribution in [0.25, 0.3) is 5.57 Å². The lowest BCUT2D eigenvalue weighted by Crippen LogP contribution is -2.37. The van der Waals surface area contributed by atoms with Gasteiger partial charge in [0.05, 0.1) is 12.2 Å². The van der Waals surface area contributed by atoms with Crippen LogP contribution in [0.2, 0.25) is 0 Å². The summed E-state index contributed by atoms with van der Waals surface area (Å²) in [4.78, 5) is 31.2. The third-order valence-electron chi connectivity index (χ3n) is 5.80. The van der Waals surface area contributed by atoms with Crippen molar-refractivity contribution in [2.75, 3.05) is 58.6 Å². The van der Waals surface area contributed by atoms with Gasteiger partial charge in [0.2, 0.25) is 11.8 Å². The standard InChI is InChI=1S/C24H30F2N3O7P/c1-5-6-21(27-2)34-14-18-13-29(24(31)36-18)17-11-19(25)23(20(26)12-17)16-7-9-28(10-8-16)22(30)15-35-37(4,32)33-3/h5-7,11-12,18H,8-10,13-15H2,1-4H3/b6-5-,27-21?. The Morgan fingerprint density at radius 3 is 2.59 bits per heavy atom. The molecule has 2 unspecified atom stereocenters. The normalized spacial score (nSPS) is 20.2. The number of hydrogen-bond acceptors (Lipinski definition) is 8. The zero-order valence-corrected chi connectivity index (χ0v) is 22.0. The molecule has 202 valence electrons. The van der Waals surface area contributed by atoms with Gasteiger partial charge in [-0.25, -0.2) is 13.6 Å². The average molecular weight is 541 g/mol. The summed E-state index contributed by atoms with van der Waals surface area (Å²) in [6.07, 6.45) is 3.79. The van der Waals surface area contributed by atoms with E-state index in [-0.39, 0.29) is 43.9 Å². The van der Waals surface area contributed by atoms with Crippen molar-refractivity contribution in [2.24, 2.45) is 4.99 Å². The van der Waals surface area contributed by atoms with E-state index in [1.807, 2.05) is 6.92 Å². The van der Waals surface area contributed by atoms with Gasteiger partial charge in [-0.1, -0.05) is 12.2 Å². The van der Waals surface area contributed by atoms with Gasteiger partial charge >= 0.3 is 13.7 Å². The molecule has 13 heteroatoms. The Bertz CT molecular complexity index is 1150. The predicted octanol–water partition coefficient (Wildman–Crippen LogP) is 4.01. The lowest BCUT2D eigenvalue weighted by molar-refractivity contribution is -0.133. The molecule has 0 N–H and O–H groups in total. The van der Waals surface area contributed by atoms with Crippen LogP contribution >= 0.6 is 7.60 Å². The largest absolute Gasteiger partial charge is 0.474 e. The van der Waals surface area contributed by atoms with Crippen molar-refractivity contribution in [3.05, 3.63) is 47.6 Å². The predicted molar refractivity (Wildman–Crippen MR) is 134 cm³/mol. The van der Waals surface area contributed by atoms with Crippen LogP contribution in [0, 0.1) is 11.6 Å². The highest BCUT2D eigenvalue weighted by atomic mass is 31.2. The van der Waals surface area contributed by atoms with Gasteiger partial charge in [0, 0.05) is 39.5 Å². The van der Waals surface area contributed by atoms with E-state index in [2.05, 4.69) is 4.99 Å². The van der Waals surface area contributed by atoms with Gasteiger partial charge < -0.3 is 18.9 Å². The Balaban J connectivity index is 1.66. The van der Waals surface area contributed by atoms with Crippen molar-refractivity contribution in [2.45, 2.75) is 19.4 Å². The molecule has 0 radical (unpaired) electrons. The Morgan fingerprint density at radius 1 is 1.32 bits per heavy atom. The second-order valence-electron chi connectivity index (χ2n) is 8.32. The van der Waals surface area contributed by atoms with Gasteiger partial charge in [-0.05, 0) is 37.1 Å². The smallest absolute Gasteiger partial charge is 0.414 e. The van der Waals surface area contributed by atoms with E-state index in [9.17, 15) is 14.2 Å². The summed E-state index contributed by atoms with van der Waals surface area (Å²) in [6, 6.07) is 2.16. The van der Waals surface area contributed by atoms with E-state index in [4.69, 9.17) is 18.5 Å². The van der Waals surface area contributed by atoms with Crippen molar-refractivity contribution >= 4 is 36.8 Å². The van der Waals surface area contributed by atoms with Gasteiger partial charge in [-0.3, -0.25) is 23.8 Å². The molecule has 1 aromatic carbocycles. The maximum atomic E-state index is 15.1. The van der Waals surface area contributed by atoms with Crippen molar-refractivity contribution in [1.29, 1.82) is 0 Å². The number of aliphatic imine (C=N–C) groups is 1. The van der Waals surface area contributed by atoms with E-state index < -0.39 is 43.9 Å². The molecule has 2 amide bonds. The molecule has 1 fully saturated rings. The molecule has 2 atom stereocenters. The molecule has 1 saturated heterocycles. The van der Waals surface area contributed by atoms with Crippen LogP contribution in [-0.2, 0) is 27.9 Å². The molecule has 0 saturated carbocycles. The van der Waals surface area contributed by atoms with Gasteiger partial charge in [-0.2, -0.15) is 0 Å². The average Bonchev–Trinajstić information content (AvgIpc) is 3.25. The number of rotatable bonds is 9. The number of halogens is 2. The molecule has 1 aromatic rings. The topological polar surface area (TPSA) is 107 Å². The van der Waals surface area contributed by atoms with Crippen LogP contribution in [-0.4, -0.2) is 82.6 Å². The number of carbonyl (C=O) groups excluding carboxylic acids is 2. The summed E-state index contributed by atoms with van der Waals surface area (Å²) in [5, 5.41) is 0. The first-order valence-corrected chi connectivity index (χ1v) is 13.5. The van der Waals surface area contributed by atoms with Crippen LogP contribution in [0.5, 0.6) is 0 Å². The number of nitrogens with zero attached hydrogens (tertiary/aromatic N) is 3. The molecule has 2 aliphatic heterocycles. The number of anilines is 1. The zero-order valence-electron chi connectivity index (χ0n) is 21.1. The van der Waals surface area contributed by atoms with Crippen molar-refractivity contribution in [3.8, 4) is 0 Å². The van der Waals surface area contributed by atoms with Crippen LogP contribution in [0.4, 0.5) is 19.3 Å². The molecule has 0 aromatic heterocycles.